The molecule has 0 bridgehead atoms. The zero-order valence-corrected chi connectivity index (χ0v) is 18.5. The lowest BCUT2D eigenvalue weighted by atomic mass is 10.1. The van der Waals surface area contributed by atoms with Crippen molar-refractivity contribution in [2.75, 3.05) is 7.11 Å². The number of carbonyl (C=O) groups is 1. The Kier molecular flexibility index (Phi) is 6.60. The summed E-state index contributed by atoms with van der Waals surface area (Å²) in [5, 5.41) is 4.06. The molecule has 0 fully saturated rings. The number of esters is 1. The number of methoxy groups -OCH3 is 1. The minimum Gasteiger partial charge on any atom is -0.469 e. The summed E-state index contributed by atoms with van der Waals surface area (Å²) in [6.07, 6.45) is 1.18. The van der Waals surface area contributed by atoms with E-state index in [1.165, 1.54) is 28.6 Å². The van der Waals surface area contributed by atoms with Gasteiger partial charge in [0.25, 0.3) is 0 Å². The Hall–Kier alpha value is -3.22. The van der Waals surface area contributed by atoms with Gasteiger partial charge in [-0.15, -0.1) is 0 Å². The van der Waals surface area contributed by atoms with Crippen molar-refractivity contribution in [3.63, 3.8) is 0 Å². The lowest BCUT2D eigenvalue weighted by molar-refractivity contribution is -0.139. The van der Waals surface area contributed by atoms with Crippen LogP contribution in [0.1, 0.15) is 11.1 Å². The van der Waals surface area contributed by atoms with Crippen LogP contribution < -0.4 is 15.9 Å². The average molecular weight is 425 g/mol. The van der Waals surface area contributed by atoms with Gasteiger partial charge >= 0.3 is 5.97 Å². The molecule has 0 aliphatic heterocycles. The minimum absolute atomic E-state index is 0.215. The molecule has 0 saturated heterocycles. The smallest absolute Gasteiger partial charge is 0.309 e. The summed E-state index contributed by atoms with van der Waals surface area (Å²) < 4.78 is 4.87. The van der Waals surface area contributed by atoms with Crippen molar-refractivity contribution in [1.82, 2.24) is 0 Å². The average Bonchev–Trinajstić information content (AvgIpc) is 2.84. The second-order valence-electron chi connectivity index (χ2n) is 7.55. The first-order valence-electron chi connectivity index (χ1n) is 10.4. The molecule has 0 spiro atoms. The van der Waals surface area contributed by atoms with Gasteiger partial charge in [-0.1, -0.05) is 78.9 Å². The number of ether oxygens (including phenoxy) is 1. The summed E-state index contributed by atoms with van der Waals surface area (Å²) >= 11 is 0. The maximum absolute atomic E-state index is 11.8. The first-order valence-corrected chi connectivity index (χ1v) is 12.4. The van der Waals surface area contributed by atoms with Gasteiger partial charge in [-0.2, -0.15) is 0 Å². The van der Waals surface area contributed by atoms with Crippen molar-refractivity contribution in [2.45, 2.75) is 12.6 Å². The molecule has 4 rings (SSSR count). The highest BCUT2D eigenvalue weighted by Gasteiger charge is 2.45. The molecule has 0 aromatic heterocycles. The van der Waals surface area contributed by atoms with Gasteiger partial charge in [-0.3, -0.25) is 4.79 Å². The molecule has 2 nitrogen and oxygen atoms in total. The van der Waals surface area contributed by atoms with Gasteiger partial charge in [-0.25, -0.2) is 0 Å². The number of rotatable bonds is 7. The highest BCUT2D eigenvalue weighted by molar-refractivity contribution is 7.95. The standard InChI is InChI=1S/C28H26O2P/c1-30-28(29)21-23-12-11-13-24(20-23)22-31(25-14-5-2-6-15-25,26-16-7-3-8-17-26)27-18-9-4-10-19-27/h2-20H,21-22H2,1H3/q+1. The number of benzene rings is 4. The topological polar surface area (TPSA) is 26.3 Å². The zero-order valence-electron chi connectivity index (χ0n) is 17.6. The highest BCUT2D eigenvalue weighted by atomic mass is 31.2. The third-order valence-corrected chi connectivity index (χ3v) is 9.96. The molecule has 0 unspecified atom stereocenters. The SMILES string of the molecule is COC(=O)Cc1cccc(C[P+](c2ccccc2)(c2ccccc2)c2ccccc2)c1. The van der Waals surface area contributed by atoms with E-state index >= 15 is 0 Å². The molecule has 0 N–H and O–H groups in total. The van der Waals surface area contributed by atoms with Crippen LogP contribution in [0.2, 0.25) is 0 Å². The van der Waals surface area contributed by atoms with Crippen LogP contribution in [0.4, 0.5) is 0 Å². The predicted octanol–water partition coefficient (Wildman–Crippen LogP) is 4.90. The molecule has 0 heterocycles. The summed E-state index contributed by atoms with van der Waals surface area (Å²) in [6, 6.07) is 40.9. The second-order valence-corrected chi connectivity index (χ2v) is 11.0. The Morgan fingerprint density at radius 2 is 1.10 bits per heavy atom. The van der Waals surface area contributed by atoms with E-state index in [9.17, 15) is 4.79 Å². The first kappa shape index (κ1) is 21.0. The maximum atomic E-state index is 11.8. The van der Waals surface area contributed by atoms with E-state index in [1.807, 2.05) is 12.1 Å². The predicted molar refractivity (Wildman–Crippen MR) is 131 cm³/mol. The fraction of sp³-hybridized carbons (Fsp3) is 0.107. The van der Waals surface area contributed by atoms with Crippen molar-refractivity contribution in [3.8, 4) is 0 Å². The Bertz CT molecular complexity index is 1030. The van der Waals surface area contributed by atoms with Gasteiger partial charge in [0.2, 0.25) is 0 Å². The Balaban J connectivity index is 1.89. The first-order chi connectivity index (χ1) is 15.2. The van der Waals surface area contributed by atoms with Crippen molar-refractivity contribution < 1.29 is 9.53 Å². The maximum Gasteiger partial charge on any atom is 0.309 e. The molecule has 0 radical (unpaired) electrons. The van der Waals surface area contributed by atoms with Crippen LogP contribution in [0.25, 0.3) is 0 Å². The molecular formula is C28H26O2P+. The third-order valence-electron chi connectivity index (χ3n) is 5.58. The number of hydrogen-bond donors (Lipinski definition) is 0. The molecule has 31 heavy (non-hydrogen) atoms. The molecule has 4 aromatic carbocycles. The van der Waals surface area contributed by atoms with Crippen LogP contribution in [-0.2, 0) is 22.1 Å². The van der Waals surface area contributed by atoms with E-state index in [4.69, 9.17) is 4.74 Å². The van der Waals surface area contributed by atoms with Crippen molar-refractivity contribution >= 4 is 29.1 Å². The van der Waals surface area contributed by atoms with Crippen molar-refractivity contribution in [3.05, 3.63) is 126 Å². The van der Waals surface area contributed by atoms with E-state index in [2.05, 4.69) is 103 Å². The summed E-state index contributed by atoms with van der Waals surface area (Å²) in [5.74, 6) is -0.215. The zero-order chi connectivity index (χ0) is 21.5. The van der Waals surface area contributed by atoms with Gasteiger partial charge in [0, 0.05) is 0 Å². The summed E-state index contributed by atoms with van der Waals surface area (Å²) in [6.45, 7) is 0. The summed E-state index contributed by atoms with van der Waals surface area (Å²) in [7, 11) is -0.519. The lowest BCUT2D eigenvalue weighted by Crippen LogP contribution is -2.32. The van der Waals surface area contributed by atoms with Crippen LogP contribution in [0, 0.1) is 0 Å². The van der Waals surface area contributed by atoms with Gasteiger partial charge in [0.15, 0.2) is 0 Å². The number of carbonyl (C=O) groups excluding carboxylic acids is 1. The van der Waals surface area contributed by atoms with Gasteiger partial charge in [-0.05, 0) is 47.5 Å². The quantitative estimate of drug-likeness (QED) is 0.311. The van der Waals surface area contributed by atoms with Gasteiger partial charge in [0.05, 0.1) is 19.7 Å². The number of hydrogen-bond acceptors (Lipinski definition) is 2. The van der Waals surface area contributed by atoms with Crippen LogP contribution in [0.15, 0.2) is 115 Å². The third kappa shape index (κ3) is 4.60. The van der Waals surface area contributed by atoms with E-state index in [1.54, 1.807) is 0 Å². The van der Waals surface area contributed by atoms with Gasteiger partial charge < -0.3 is 4.74 Å². The Morgan fingerprint density at radius 1 is 0.645 bits per heavy atom. The van der Waals surface area contributed by atoms with E-state index < -0.39 is 7.26 Å². The molecule has 0 amide bonds. The van der Waals surface area contributed by atoms with E-state index in [0.717, 1.165) is 11.7 Å². The normalized spacial score (nSPS) is 11.1. The van der Waals surface area contributed by atoms with Crippen LogP contribution in [0.5, 0.6) is 0 Å². The fourth-order valence-electron chi connectivity index (χ4n) is 4.12. The monoisotopic (exact) mass is 425 g/mol. The molecular weight excluding hydrogens is 399 g/mol. The fourth-order valence-corrected chi connectivity index (χ4v) is 8.35. The summed E-state index contributed by atoms with van der Waals surface area (Å²) in [5.41, 5.74) is 2.21. The van der Waals surface area contributed by atoms with E-state index in [-0.39, 0.29) is 12.4 Å². The van der Waals surface area contributed by atoms with Crippen LogP contribution >= 0.6 is 7.26 Å². The van der Waals surface area contributed by atoms with Crippen molar-refractivity contribution in [2.24, 2.45) is 0 Å². The molecule has 4 aromatic rings. The minimum atomic E-state index is -1.95. The van der Waals surface area contributed by atoms with Crippen molar-refractivity contribution in [1.29, 1.82) is 0 Å². The Labute approximate surface area is 184 Å². The molecule has 154 valence electrons. The van der Waals surface area contributed by atoms with Crippen LogP contribution in [0.3, 0.4) is 0 Å². The molecule has 0 atom stereocenters. The second kappa shape index (κ2) is 9.73. The van der Waals surface area contributed by atoms with Crippen LogP contribution in [-0.4, -0.2) is 13.1 Å². The van der Waals surface area contributed by atoms with Gasteiger partial charge in [0.1, 0.15) is 23.2 Å². The molecule has 3 heteroatoms. The van der Waals surface area contributed by atoms with E-state index in [0.29, 0.717) is 0 Å². The largest absolute Gasteiger partial charge is 0.469 e. The lowest BCUT2D eigenvalue weighted by Gasteiger charge is -2.28. The Morgan fingerprint density at radius 3 is 1.55 bits per heavy atom. The molecule has 0 saturated carbocycles. The summed E-state index contributed by atoms with van der Waals surface area (Å²) in [4.78, 5) is 11.8. The molecule has 0 aliphatic rings. The highest BCUT2D eigenvalue weighted by Crippen LogP contribution is 2.58. The molecule has 0 aliphatic carbocycles.